The zero-order chi connectivity index (χ0) is 15.2. The van der Waals surface area contributed by atoms with E-state index in [-0.39, 0.29) is 11.9 Å². The summed E-state index contributed by atoms with van der Waals surface area (Å²) in [7, 11) is 0. The highest BCUT2D eigenvalue weighted by molar-refractivity contribution is 9.10. The van der Waals surface area contributed by atoms with Crippen LogP contribution in [0.15, 0.2) is 22.7 Å². The number of anilines is 1. The van der Waals surface area contributed by atoms with Crippen LogP contribution in [0.25, 0.3) is 0 Å². The molecule has 0 saturated carbocycles. The minimum Gasteiger partial charge on any atom is -0.324 e. The van der Waals surface area contributed by atoms with Gasteiger partial charge < -0.3 is 10.6 Å². The minimum atomic E-state index is -0.216. The predicted molar refractivity (Wildman–Crippen MR) is 91.4 cm³/mol. The molecule has 1 heterocycles. The van der Waals surface area contributed by atoms with E-state index >= 15 is 0 Å². The molecule has 1 aromatic rings. The summed E-state index contributed by atoms with van der Waals surface area (Å²) >= 11 is 3.54. The fraction of sp³-hybridized carbons (Fsp3) is 0.588. The van der Waals surface area contributed by atoms with Crippen molar-refractivity contribution in [1.29, 1.82) is 0 Å². The van der Waals surface area contributed by atoms with E-state index in [1.807, 2.05) is 18.2 Å². The monoisotopic (exact) mass is 352 g/mol. The number of hydrogen-bond donors (Lipinski definition) is 2. The molecule has 116 valence electrons. The van der Waals surface area contributed by atoms with Gasteiger partial charge in [0.25, 0.3) is 0 Å². The molecule has 0 aromatic heterocycles. The topological polar surface area (TPSA) is 41.1 Å². The van der Waals surface area contributed by atoms with Crippen molar-refractivity contribution in [3.05, 3.63) is 28.2 Å². The first-order chi connectivity index (χ1) is 10.1. The van der Waals surface area contributed by atoms with Crippen molar-refractivity contribution in [3.8, 4) is 0 Å². The van der Waals surface area contributed by atoms with E-state index in [1.54, 1.807) is 0 Å². The standard InChI is InChI=1S/C17H25BrN2O/c1-12(2)8-5-3-4-6-11-19-16-15-13(18)9-7-10-14(15)20-17(16)21/h7,9-10,12,16,19H,3-6,8,11H2,1-2H3,(H,20,21). The van der Waals surface area contributed by atoms with Crippen molar-refractivity contribution in [2.45, 2.75) is 52.0 Å². The molecule has 2 rings (SSSR count). The molecule has 1 atom stereocenters. The molecule has 1 aliphatic heterocycles. The van der Waals surface area contributed by atoms with Crippen LogP contribution in [0.5, 0.6) is 0 Å². The summed E-state index contributed by atoms with van der Waals surface area (Å²) in [5.74, 6) is 0.857. The van der Waals surface area contributed by atoms with Crippen LogP contribution in [0, 0.1) is 5.92 Å². The van der Waals surface area contributed by atoms with E-state index in [2.05, 4.69) is 40.4 Å². The van der Waals surface area contributed by atoms with Gasteiger partial charge in [-0.2, -0.15) is 0 Å². The van der Waals surface area contributed by atoms with Crippen LogP contribution < -0.4 is 10.6 Å². The molecule has 3 nitrogen and oxygen atoms in total. The largest absolute Gasteiger partial charge is 0.324 e. The van der Waals surface area contributed by atoms with Crippen LogP contribution in [-0.2, 0) is 4.79 Å². The average molecular weight is 353 g/mol. The molecule has 1 aliphatic rings. The van der Waals surface area contributed by atoms with Gasteiger partial charge in [0.15, 0.2) is 0 Å². The lowest BCUT2D eigenvalue weighted by Gasteiger charge is -2.12. The van der Waals surface area contributed by atoms with Crippen LogP contribution >= 0.6 is 15.9 Å². The number of unbranched alkanes of at least 4 members (excludes halogenated alkanes) is 3. The lowest BCUT2D eigenvalue weighted by molar-refractivity contribution is -0.117. The summed E-state index contributed by atoms with van der Waals surface area (Å²) < 4.78 is 0.993. The van der Waals surface area contributed by atoms with Gasteiger partial charge in [-0.25, -0.2) is 0 Å². The van der Waals surface area contributed by atoms with E-state index in [0.717, 1.165) is 34.6 Å². The maximum atomic E-state index is 12.0. The van der Waals surface area contributed by atoms with Crippen molar-refractivity contribution < 1.29 is 4.79 Å². The van der Waals surface area contributed by atoms with Gasteiger partial charge >= 0.3 is 0 Å². The molecule has 1 aromatic carbocycles. The maximum Gasteiger partial charge on any atom is 0.246 e. The molecule has 2 N–H and O–H groups in total. The Morgan fingerprint density at radius 1 is 1.24 bits per heavy atom. The van der Waals surface area contributed by atoms with E-state index in [9.17, 15) is 4.79 Å². The van der Waals surface area contributed by atoms with E-state index in [0.29, 0.717) is 0 Å². The highest BCUT2D eigenvalue weighted by atomic mass is 79.9. The summed E-state index contributed by atoms with van der Waals surface area (Å²) in [5, 5.41) is 6.32. The summed E-state index contributed by atoms with van der Waals surface area (Å²) in [6.45, 7) is 5.44. The molecule has 1 unspecified atom stereocenters. The Kier molecular flexibility index (Phi) is 6.24. The minimum absolute atomic E-state index is 0.0525. The third kappa shape index (κ3) is 4.55. The van der Waals surface area contributed by atoms with Crippen molar-refractivity contribution in [2.24, 2.45) is 5.92 Å². The molecular weight excluding hydrogens is 328 g/mol. The molecule has 0 fully saturated rings. The fourth-order valence-corrected chi connectivity index (χ4v) is 3.34. The lowest BCUT2D eigenvalue weighted by atomic mass is 10.0. The van der Waals surface area contributed by atoms with Gasteiger partial charge in [0.2, 0.25) is 5.91 Å². The number of hydrogen-bond acceptors (Lipinski definition) is 2. The van der Waals surface area contributed by atoms with E-state index in [4.69, 9.17) is 0 Å². The molecule has 21 heavy (non-hydrogen) atoms. The van der Waals surface area contributed by atoms with Gasteiger partial charge in [0.1, 0.15) is 6.04 Å². The Bertz CT molecular complexity index is 488. The maximum absolute atomic E-state index is 12.0. The van der Waals surface area contributed by atoms with Gasteiger partial charge in [-0.1, -0.05) is 61.5 Å². The number of carbonyl (C=O) groups excluding carboxylic acids is 1. The molecule has 0 spiro atoms. The smallest absolute Gasteiger partial charge is 0.246 e. The lowest BCUT2D eigenvalue weighted by Crippen LogP contribution is -2.28. The Hall–Kier alpha value is -0.870. The first-order valence-electron chi connectivity index (χ1n) is 7.92. The second-order valence-electron chi connectivity index (χ2n) is 6.17. The normalized spacial score (nSPS) is 17.1. The summed E-state index contributed by atoms with van der Waals surface area (Å²) in [5.41, 5.74) is 1.96. The molecular formula is C17H25BrN2O. The number of rotatable bonds is 8. The van der Waals surface area contributed by atoms with E-state index in [1.165, 1.54) is 25.7 Å². The number of amides is 1. The van der Waals surface area contributed by atoms with Gasteiger partial charge in [-0.05, 0) is 31.0 Å². The summed E-state index contributed by atoms with van der Waals surface area (Å²) in [4.78, 5) is 12.0. The summed E-state index contributed by atoms with van der Waals surface area (Å²) in [6, 6.07) is 5.66. The van der Waals surface area contributed by atoms with Crippen LogP contribution in [0.1, 0.15) is 57.6 Å². The summed E-state index contributed by atoms with van der Waals surface area (Å²) in [6.07, 6.45) is 6.28. The van der Waals surface area contributed by atoms with Crippen LogP contribution in [0.3, 0.4) is 0 Å². The SMILES string of the molecule is CC(C)CCCCCCNC1C(=O)Nc2cccc(Br)c21. The highest BCUT2D eigenvalue weighted by Gasteiger charge is 2.31. The van der Waals surface area contributed by atoms with Crippen molar-refractivity contribution in [3.63, 3.8) is 0 Å². The van der Waals surface area contributed by atoms with Gasteiger partial charge in [-0.3, -0.25) is 4.79 Å². The second kappa shape index (κ2) is 7.95. The first-order valence-corrected chi connectivity index (χ1v) is 8.71. The number of benzene rings is 1. The molecule has 0 saturated heterocycles. The van der Waals surface area contributed by atoms with Crippen LogP contribution in [0.2, 0.25) is 0 Å². The number of carbonyl (C=O) groups is 1. The molecule has 1 amide bonds. The van der Waals surface area contributed by atoms with Gasteiger partial charge in [-0.15, -0.1) is 0 Å². The van der Waals surface area contributed by atoms with Crippen LogP contribution in [-0.4, -0.2) is 12.5 Å². The molecule has 0 radical (unpaired) electrons. The van der Waals surface area contributed by atoms with Crippen molar-refractivity contribution in [1.82, 2.24) is 5.32 Å². The Morgan fingerprint density at radius 3 is 2.76 bits per heavy atom. The second-order valence-corrected chi connectivity index (χ2v) is 7.03. The fourth-order valence-electron chi connectivity index (χ4n) is 2.75. The van der Waals surface area contributed by atoms with Gasteiger partial charge in [0.05, 0.1) is 0 Å². The highest BCUT2D eigenvalue weighted by Crippen LogP contribution is 2.36. The number of halogens is 1. The zero-order valence-electron chi connectivity index (χ0n) is 12.9. The predicted octanol–water partition coefficient (Wildman–Crippen LogP) is 4.64. The Balaban J connectivity index is 1.74. The van der Waals surface area contributed by atoms with Crippen molar-refractivity contribution in [2.75, 3.05) is 11.9 Å². The molecule has 4 heteroatoms. The quantitative estimate of drug-likeness (QED) is 0.669. The van der Waals surface area contributed by atoms with Crippen molar-refractivity contribution >= 4 is 27.5 Å². The third-order valence-corrected chi connectivity index (χ3v) is 4.61. The Labute approximate surface area is 136 Å². The Morgan fingerprint density at radius 2 is 2.00 bits per heavy atom. The van der Waals surface area contributed by atoms with Crippen LogP contribution in [0.4, 0.5) is 5.69 Å². The van der Waals surface area contributed by atoms with Gasteiger partial charge in [0, 0.05) is 15.7 Å². The first kappa shape index (κ1) is 16.5. The molecule has 0 aliphatic carbocycles. The van der Waals surface area contributed by atoms with E-state index < -0.39 is 0 Å². The zero-order valence-corrected chi connectivity index (χ0v) is 14.5. The average Bonchev–Trinajstić information content (AvgIpc) is 2.75. The number of nitrogens with one attached hydrogen (secondary N) is 2. The molecule has 0 bridgehead atoms. The number of fused-ring (bicyclic) bond motifs is 1. The third-order valence-electron chi connectivity index (χ3n) is 3.92.